The van der Waals surface area contributed by atoms with Crippen LogP contribution in [0, 0.1) is 10.1 Å². The van der Waals surface area contributed by atoms with Gasteiger partial charge in [0, 0.05) is 24.5 Å². The van der Waals surface area contributed by atoms with Crippen LogP contribution in [0.25, 0.3) is 5.69 Å². The predicted molar refractivity (Wildman–Crippen MR) is 104 cm³/mol. The minimum Gasteiger partial charge on any atom is -0.482 e. The molecule has 10 heteroatoms. The van der Waals surface area contributed by atoms with Crippen molar-refractivity contribution in [2.45, 2.75) is 6.61 Å². The Bertz CT molecular complexity index is 1090. The zero-order valence-electron chi connectivity index (χ0n) is 15.6. The number of amides is 1. The van der Waals surface area contributed by atoms with Crippen LogP contribution in [-0.2, 0) is 20.9 Å². The molecule has 2 heterocycles. The third-order valence-corrected chi connectivity index (χ3v) is 4.49. The Kier molecular flexibility index (Phi) is 5.12. The summed E-state index contributed by atoms with van der Waals surface area (Å²) in [5.74, 6) is -0.829. The summed E-state index contributed by atoms with van der Waals surface area (Å²) in [4.78, 5) is 36.1. The third-order valence-electron chi connectivity index (χ3n) is 4.49. The smallest absolute Gasteiger partial charge is 0.326 e. The van der Waals surface area contributed by atoms with Gasteiger partial charge in [0.25, 0.3) is 11.6 Å². The van der Waals surface area contributed by atoms with Gasteiger partial charge in [0.05, 0.1) is 16.3 Å². The van der Waals surface area contributed by atoms with E-state index in [2.05, 4.69) is 5.10 Å². The Hall–Kier alpha value is -4.21. The monoisotopic (exact) mass is 408 g/mol. The molecule has 2 aromatic carbocycles. The number of aromatic nitrogens is 2. The highest BCUT2D eigenvalue weighted by Crippen LogP contribution is 2.35. The number of rotatable bonds is 6. The Morgan fingerprint density at radius 1 is 1.23 bits per heavy atom. The Morgan fingerprint density at radius 3 is 2.73 bits per heavy atom. The van der Waals surface area contributed by atoms with Crippen LogP contribution < -0.4 is 9.64 Å². The second-order valence-electron chi connectivity index (χ2n) is 6.46. The van der Waals surface area contributed by atoms with E-state index in [1.165, 1.54) is 18.2 Å². The van der Waals surface area contributed by atoms with Crippen LogP contribution in [0.4, 0.5) is 11.4 Å². The molecule has 3 aromatic rings. The molecule has 0 saturated carbocycles. The maximum absolute atomic E-state index is 12.3. The van der Waals surface area contributed by atoms with Crippen molar-refractivity contribution in [3.8, 4) is 11.4 Å². The van der Waals surface area contributed by atoms with E-state index < -0.39 is 16.8 Å². The van der Waals surface area contributed by atoms with E-state index in [1.54, 1.807) is 10.9 Å². The number of carbonyl (C=O) groups is 2. The van der Waals surface area contributed by atoms with Crippen molar-refractivity contribution < 1.29 is 24.0 Å². The molecule has 0 fully saturated rings. The van der Waals surface area contributed by atoms with Gasteiger partial charge in [-0.1, -0.05) is 12.1 Å². The largest absolute Gasteiger partial charge is 0.482 e. The van der Waals surface area contributed by atoms with Gasteiger partial charge in [0.15, 0.2) is 6.61 Å². The fraction of sp³-hybridized carbons (Fsp3) is 0.150. The molecule has 1 aliphatic heterocycles. The normalized spacial score (nSPS) is 12.8. The fourth-order valence-corrected chi connectivity index (χ4v) is 2.98. The number of benzene rings is 2. The lowest BCUT2D eigenvalue weighted by Crippen LogP contribution is -2.42. The number of fused-ring (bicyclic) bond motifs is 1. The summed E-state index contributed by atoms with van der Waals surface area (Å²) in [6, 6.07) is 13.0. The van der Waals surface area contributed by atoms with E-state index in [-0.39, 0.29) is 31.1 Å². The predicted octanol–water partition coefficient (Wildman–Crippen LogP) is 2.25. The van der Waals surface area contributed by atoms with Crippen LogP contribution >= 0.6 is 0 Å². The first-order valence-electron chi connectivity index (χ1n) is 8.97. The minimum absolute atomic E-state index is 0.0263. The van der Waals surface area contributed by atoms with E-state index in [9.17, 15) is 19.7 Å². The summed E-state index contributed by atoms with van der Waals surface area (Å²) >= 11 is 0. The molecular formula is C20H16N4O6. The minimum atomic E-state index is -0.640. The average molecular weight is 408 g/mol. The molecule has 4 rings (SSSR count). The van der Waals surface area contributed by atoms with Gasteiger partial charge in [-0.2, -0.15) is 5.10 Å². The van der Waals surface area contributed by atoms with Crippen molar-refractivity contribution in [3.05, 3.63) is 76.6 Å². The molecule has 30 heavy (non-hydrogen) atoms. The number of esters is 1. The molecule has 0 spiro atoms. The number of anilines is 1. The number of hydrogen-bond acceptors (Lipinski definition) is 7. The van der Waals surface area contributed by atoms with Gasteiger partial charge in [-0.15, -0.1) is 0 Å². The summed E-state index contributed by atoms with van der Waals surface area (Å²) in [6.07, 6.45) is 3.49. The van der Waals surface area contributed by atoms with Gasteiger partial charge in [0.2, 0.25) is 0 Å². The van der Waals surface area contributed by atoms with Crippen molar-refractivity contribution in [1.29, 1.82) is 0 Å². The van der Waals surface area contributed by atoms with E-state index in [4.69, 9.17) is 9.47 Å². The summed E-state index contributed by atoms with van der Waals surface area (Å²) in [7, 11) is 0. The first kappa shape index (κ1) is 19.1. The SMILES string of the molecule is O=C(CN1C(=O)COc2ccc([N+](=O)[O-])cc21)OCc1ccc(-n2cccn2)cc1. The Labute approximate surface area is 170 Å². The van der Waals surface area contributed by atoms with Gasteiger partial charge in [-0.25, -0.2) is 4.68 Å². The molecule has 1 aliphatic rings. The van der Waals surface area contributed by atoms with Gasteiger partial charge in [-0.05, 0) is 29.8 Å². The quantitative estimate of drug-likeness (QED) is 0.349. The lowest BCUT2D eigenvalue weighted by molar-refractivity contribution is -0.384. The molecule has 0 aliphatic carbocycles. The molecular weight excluding hydrogens is 392 g/mol. The molecule has 10 nitrogen and oxygen atoms in total. The molecule has 1 amide bonds. The first-order chi connectivity index (χ1) is 14.5. The lowest BCUT2D eigenvalue weighted by Gasteiger charge is -2.28. The van der Waals surface area contributed by atoms with Crippen molar-refractivity contribution in [1.82, 2.24) is 9.78 Å². The zero-order valence-corrected chi connectivity index (χ0v) is 15.6. The molecule has 0 radical (unpaired) electrons. The van der Waals surface area contributed by atoms with E-state index in [0.717, 1.165) is 16.2 Å². The maximum Gasteiger partial charge on any atom is 0.326 e. The summed E-state index contributed by atoms with van der Waals surface area (Å²) in [5.41, 5.74) is 1.60. The number of ether oxygens (including phenoxy) is 2. The number of carbonyl (C=O) groups excluding carboxylic acids is 2. The third kappa shape index (κ3) is 3.97. The summed E-state index contributed by atoms with van der Waals surface area (Å²) in [6.45, 7) is -0.604. The number of non-ortho nitro benzene ring substituents is 1. The highest BCUT2D eigenvalue weighted by atomic mass is 16.6. The van der Waals surface area contributed by atoms with Crippen molar-refractivity contribution in [2.75, 3.05) is 18.1 Å². The molecule has 152 valence electrons. The Morgan fingerprint density at radius 2 is 2.03 bits per heavy atom. The molecule has 0 bridgehead atoms. The van der Waals surface area contributed by atoms with Crippen LogP contribution in [0.2, 0.25) is 0 Å². The van der Waals surface area contributed by atoms with Crippen LogP contribution in [-0.4, -0.2) is 39.7 Å². The topological polar surface area (TPSA) is 117 Å². The zero-order chi connectivity index (χ0) is 21.1. The Balaban J connectivity index is 1.41. The van der Waals surface area contributed by atoms with Gasteiger partial charge in [0.1, 0.15) is 18.9 Å². The molecule has 0 atom stereocenters. The van der Waals surface area contributed by atoms with E-state index >= 15 is 0 Å². The maximum atomic E-state index is 12.3. The second-order valence-corrected chi connectivity index (χ2v) is 6.46. The molecule has 0 N–H and O–H groups in total. The standard InChI is InChI=1S/C20H16N4O6/c25-19-13-29-18-7-6-16(24(27)28)10-17(18)22(19)11-20(26)30-12-14-2-4-15(5-3-14)23-9-1-8-21-23/h1-10H,11-13H2. The van der Waals surface area contributed by atoms with Crippen molar-refractivity contribution >= 4 is 23.3 Å². The lowest BCUT2D eigenvalue weighted by atomic mass is 10.2. The van der Waals surface area contributed by atoms with Crippen LogP contribution in [0.15, 0.2) is 60.9 Å². The number of hydrogen-bond donors (Lipinski definition) is 0. The summed E-state index contributed by atoms with van der Waals surface area (Å²) < 4.78 is 12.3. The molecule has 0 unspecified atom stereocenters. The van der Waals surface area contributed by atoms with Gasteiger partial charge in [-0.3, -0.25) is 24.6 Å². The van der Waals surface area contributed by atoms with Crippen molar-refractivity contribution in [3.63, 3.8) is 0 Å². The van der Waals surface area contributed by atoms with Crippen LogP contribution in [0.5, 0.6) is 5.75 Å². The van der Waals surface area contributed by atoms with Crippen molar-refractivity contribution in [2.24, 2.45) is 0 Å². The molecule has 1 aromatic heterocycles. The summed E-state index contributed by atoms with van der Waals surface area (Å²) in [5, 5.41) is 15.2. The average Bonchev–Trinajstić information content (AvgIpc) is 3.29. The van der Waals surface area contributed by atoms with E-state index in [1.807, 2.05) is 36.5 Å². The number of nitro groups is 1. The molecule has 0 saturated heterocycles. The second kappa shape index (κ2) is 8.03. The highest BCUT2D eigenvalue weighted by Gasteiger charge is 2.29. The highest BCUT2D eigenvalue weighted by molar-refractivity contribution is 6.01. The van der Waals surface area contributed by atoms with Crippen LogP contribution in [0.1, 0.15) is 5.56 Å². The van der Waals surface area contributed by atoms with E-state index in [0.29, 0.717) is 5.75 Å². The first-order valence-corrected chi connectivity index (χ1v) is 8.97. The number of nitro benzene ring substituents is 1. The van der Waals surface area contributed by atoms with Gasteiger partial charge < -0.3 is 9.47 Å². The van der Waals surface area contributed by atoms with Crippen LogP contribution in [0.3, 0.4) is 0 Å². The number of nitrogens with zero attached hydrogens (tertiary/aromatic N) is 4. The van der Waals surface area contributed by atoms with Gasteiger partial charge >= 0.3 is 5.97 Å². The fourth-order valence-electron chi connectivity index (χ4n) is 2.98.